The summed E-state index contributed by atoms with van der Waals surface area (Å²) in [5.41, 5.74) is 0.287. The van der Waals surface area contributed by atoms with Crippen LogP contribution in [0.15, 0.2) is 23.2 Å². The number of hydrogen-bond donors (Lipinski definition) is 1. The fourth-order valence-electron chi connectivity index (χ4n) is 2.18. The van der Waals surface area contributed by atoms with Crippen LogP contribution in [0.5, 0.6) is 0 Å². The number of guanidine groups is 1. The van der Waals surface area contributed by atoms with Gasteiger partial charge in [0.05, 0.1) is 6.54 Å². The first kappa shape index (κ1) is 17.1. The molecule has 0 bridgehead atoms. The van der Waals surface area contributed by atoms with Crippen LogP contribution in [-0.2, 0) is 6.54 Å². The van der Waals surface area contributed by atoms with Crippen LogP contribution in [0.3, 0.4) is 0 Å². The van der Waals surface area contributed by atoms with Crippen LogP contribution in [0.1, 0.15) is 25.3 Å². The number of nitrogens with one attached hydrogen (secondary N) is 1. The molecule has 1 saturated heterocycles. The molecule has 1 aromatic rings. The summed E-state index contributed by atoms with van der Waals surface area (Å²) >= 11 is 0. The van der Waals surface area contributed by atoms with E-state index in [0.29, 0.717) is 0 Å². The van der Waals surface area contributed by atoms with Gasteiger partial charge in [0.15, 0.2) is 5.96 Å². The number of nitrogens with zero attached hydrogens (tertiary/aromatic N) is 2. The Morgan fingerprint density at radius 3 is 2.65 bits per heavy atom. The highest BCUT2D eigenvalue weighted by atomic mass is 127. The molecule has 112 valence electrons. The monoisotopic (exact) mass is 395 g/mol. The second-order valence-electron chi connectivity index (χ2n) is 4.60. The van der Waals surface area contributed by atoms with Crippen molar-refractivity contribution in [1.29, 1.82) is 0 Å². The van der Waals surface area contributed by atoms with Crippen LogP contribution < -0.4 is 5.32 Å². The van der Waals surface area contributed by atoms with Crippen molar-refractivity contribution in [1.82, 2.24) is 10.2 Å². The zero-order valence-corrected chi connectivity index (χ0v) is 13.9. The van der Waals surface area contributed by atoms with Gasteiger partial charge in [-0.05, 0) is 38.0 Å². The van der Waals surface area contributed by atoms with Crippen LogP contribution in [-0.4, -0.2) is 30.5 Å². The number of benzene rings is 1. The summed E-state index contributed by atoms with van der Waals surface area (Å²) in [7, 11) is 0. The minimum atomic E-state index is -0.433. The molecule has 1 aliphatic rings. The SMILES string of the molecule is CCNC(=NCc1cc(F)ccc1F)N1CCCC1.I. The first-order valence-electron chi connectivity index (χ1n) is 6.68. The van der Waals surface area contributed by atoms with Crippen molar-refractivity contribution < 1.29 is 8.78 Å². The van der Waals surface area contributed by atoms with Gasteiger partial charge in [0.1, 0.15) is 11.6 Å². The first-order chi connectivity index (χ1) is 9.20. The number of aliphatic imine (C=N–C) groups is 1. The predicted octanol–water partition coefficient (Wildman–Crippen LogP) is 3.14. The summed E-state index contributed by atoms with van der Waals surface area (Å²) in [5, 5.41) is 3.19. The molecule has 0 amide bonds. The fourth-order valence-corrected chi connectivity index (χ4v) is 2.18. The number of rotatable bonds is 3. The van der Waals surface area contributed by atoms with Gasteiger partial charge in [-0.2, -0.15) is 0 Å². The lowest BCUT2D eigenvalue weighted by molar-refractivity contribution is 0.493. The van der Waals surface area contributed by atoms with Crippen LogP contribution in [0.2, 0.25) is 0 Å². The Morgan fingerprint density at radius 2 is 2.00 bits per heavy atom. The lowest BCUT2D eigenvalue weighted by Crippen LogP contribution is -2.39. The summed E-state index contributed by atoms with van der Waals surface area (Å²) in [6.45, 7) is 4.85. The molecule has 0 spiro atoms. The third kappa shape index (κ3) is 4.57. The zero-order chi connectivity index (χ0) is 13.7. The minimum absolute atomic E-state index is 0. The summed E-state index contributed by atoms with van der Waals surface area (Å²) in [5.74, 6) is -0.0659. The van der Waals surface area contributed by atoms with Gasteiger partial charge in [0, 0.05) is 25.2 Å². The standard InChI is InChI=1S/C14H19F2N3.HI/c1-2-17-14(19-7-3-4-8-19)18-10-11-9-12(15)5-6-13(11)16;/h5-6,9H,2-4,7-8,10H2,1H3,(H,17,18);1H. The fraction of sp³-hybridized carbons (Fsp3) is 0.500. The highest BCUT2D eigenvalue weighted by Gasteiger charge is 2.15. The van der Waals surface area contributed by atoms with E-state index in [1.165, 1.54) is 6.07 Å². The summed E-state index contributed by atoms with van der Waals surface area (Å²) in [6.07, 6.45) is 2.30. The van der Waals surface area contributed by atoms with Crippen molar-refractivity contribution in [3.05, 3.63) is 35.4 Å². The zero-order valence-electron chi connectivity index (χ0n) is 11.5. The van der Waals surface area contributed by atoms with E-state index in [2.05, 4.69) is 15.2 Å². The van der Waals surface area contributed by atoms with E-state index in [9.17, 15) is 8.78 Å². The van der Waals surface area contributed by atoms with E-state index in [-0.39, 0.29) is 36.1 Å². The molecule has 0 aliphatic carbocycles. The second-order valence-corrected chi connectivity index (χ2v) is 4.60. The van der Waals surface area contributed by atoms with Gasteiger partial charge in [-0.15, -0.1) is 24.0 Å². The molecular weight excluding hydrogens is 375 g/mol. The van der Waals surface area contributed by atoms with Gasteiger partial charge in [0.2, 0.25) is 0 Å². The number of likely N-dealkylation sites (tertiary alicyclic amines) is 1. The third-order valence-electron chi connectivity index (χ3n) is 3.15. The van der Waals surface area contributed by atoms with Gasteiger partial charge >= 0.3 is 0 Å². The van der Waals surface area contributed by atoms with Crippen molar-refractivity contribution in [3.63, 3.8) is 0 Å². The maximum atomic E-state index is 13.5. The molecule has 1 heterocycles. The van der Waals surface area contributed by atoms with Gasteiger partial charge < -0.3 is 10.2 Å². The van der Waals surface area contributed by atoms with E-state index in [4.69, 9.17) is 0 Å². The molecule has 2 rings (SSSR count). The van der Waals surface area contributed by atoms with E-state index < -0.39 is 11.6 Å². The van der Waals surface area contributed by atoms with Gasteiger partial charge in [-0.25, -0.2) is 13.8 Å². The Morgan fingerprint density at radius 1 is 1.30 bits per heavy atom. The average Bonchev–Trinajstić information content (AvgIpc) is 2.92. The Bertz CT molecular complexity index is 460. The summed E-state index contributed by atoms with van der Waals surface area (Å²) < 4.78 is 26.6. The molecule has 1 aliphatic heterocycles. The quantitative estimate of drug-likeness (QED) is 0.484. The molecule has 1 N–H and O–H groups in total. The molecule has 3 nitrogen and oxygen atoms in total. The average molecular weight is 395 g/mol. The lowest BCUT2D eigenvalue weighted by Gasteiger charge is -2.20. The molecule has 0 unspecified atom stereocenters. The Balaban J connectivity index is 0.00000200. The minimum Gasteiger partial charge on any atom is -0.357 e. The van der Waals surface area contributed by atoms with Crippen molar-refractivity contribution in [3.8, 4) is 0 Å². The molecular formula is C14H20F2IN3. The molecule has 0 aromatic heterocycles. The van der Waals surface area contributed by atoms with E-state index >= 15 is 0 Å². The Kier molecular flexibility index (Phi) is 7.18. The maximum absolute atomic E-state index is 13.5. The topological polar surface area (TPSA) is 27.6 Å². The van der Waals surface area contributed by atoms with Crippen molar-refractivity contribution >= 4 is 29.9 Å². The summed E-state index contributed by atoms with van der Waals surface area (Å²) in [4.78, 5) is 6.55. The third-order valence-corrected chi connectivity index (χ3v) is 3.15. The Labute approximate surface area is 135 Å². The van der Waals surface area contributed by atoms with E-state index in [1.54, 1.807) is 0 Å². The smallest absolute Gasteiger partial charge is 0.194 e. The second kappa shape index (κ2) is 8.39. The first-order valence-corrected chi connectivity index (χ1v) is 6.68. The summed E-state index contributed by atoms with van der Waals surface area (Å²) in [6, 6.07) is 3.46. The van der Waals surface area contributed by atoms with Gasteiger partial charge in [0.25, 0.3) is 0 Å². The molecule has 0 radical (unpaired) electrons. The molecule has 20 heavy (non-hydrogen) atoms. The molecule has 1 fully saturated rings. The van der Waals surface area contributed by atoms with Crippen LogP contribution >= 0.6 is 24.0 Å². The predicted molar refractivity (Wildman–Crippen MR) is 87.4 cm³/mol. The van der Waals surface area contributed by atoms with Gasteiger partial charge in [-0.3, -0.25) is 0 Å². The van der Waals surface area contributed by atoms with Gasteiger partial charge in [-0.1, -0.05) is 0 Å². The largest absolute Gasteiger partial charge is 0.357 e. The molecule has 0 saturated carbocycles. The molecule has 1 aromatic carbocycles. The number of halogens is 3. The van der Waals surface area contributed by atoms with Crippen LogP contribution in [0.4, 0.5) is 8.78 Å². The molecule has 6 heteroatoms. The van der Waals surface area contributed by atoms with Crippen LogP contribution in [0.25, 0.3) is 0 Å². The van der Waals surface area contributed by atoms with Crippen LogP contribution in [0, 0.1) is 11.6 Å². The van der Waals surface area contributed by atoms with Crippen molar-refractivity contribution in [2.24, 2.45) is 4.99 Å². The number of hydrogen-bond acceptors (Lipinski definition) is 1. The van der Waals surface area contributed by atoms with Crippen molar-refractivity contribution in [2.75, 3.05) is 19.6 Å². The van der Waals surface area contributed by atoms with E-state index in [1.807, 2.05) is 6.92 Å². The normalized spacial score (nSPS) is 15.2. The highest BCUT2D eigenvalue weighted by molar-refractivity contribution is 14.0. The Hall–Kier alpha value is -0.920. The highest BCUT2D eigenvalue weighted by Crippen LogP contribution is 2.12. The van der Waals surface area contributed by atoms with Crippen molar-refractivity contribution in [2.45, 2.75) is 26.3 Å². The van der Waals surface area contributed by atoms with E-state index in [0.717, 1.165) is 50.6 Å². The lowest BCUT2D eigenvalue weighted by atomic mass is 10.2. The maximum Gasteiger partial charge on any atom is 0.194 e. The molecule has 0 atom stereocenters.